The fraction of sp³-hybridized carbons (Fsp3) is 0.250. The quantitative estimate of drug-likeness (QED) is 0.339. The number of anilines is 1. The minimum atomic E-state index is 0. The van der Waals surface area contributed by atoms with E-state index in [0.717, 1.165) is 24.5 Å². The van der Waals surface area contributed by atoms with Crippen LogP contribution in [0.4, 0.5) is 5.13 Å². The van der Waals surface area contributed by atoms with Gasteiger partial charge >= 0.3 is 0 Å². The van der Waals surface area contributed by atoms with Gasteiger partial charge in [-0.25, -0.2) is 4.98 Å². The Bertz CT molecular complexity index is 1050. The third-order valence-electron chi connectivity index (χ3n) is 6.43. The highest BCUT2D eigenvalue weighted by atomic mass is 32.1. The summed E-state index contributed by atoms with van der Waals surface area (Å²) >= 11 is 1.73. The molecule has 0 aliphatic heterocycles. The molecule has 0 unspecified atom stereocenters. The Labute approximate surface area is 194 Å². The molecule has 164 valence electrons. The maximum atomic E-state index is 4.87. The summed E-state index contributed by atoms with van der Waals surface area (Å²) in [6.07, 6.45) is 4.53. The van der Waals surface area contributed by atoms with E-state index in [4.69, 9.17) is 4.98 Å². The van der Waals surface area contributed by atoms with Crippen molar-refractivity contribution < 1.29 is 5.48 Å². The SMILES string of the molecule is O.c1ccc(CCc2csc(NCC3(C(c4ccccc4)c4ccccc4)CC3)n2)cc1. The van der Waals surface area contributed by atoms with Gasteiger partial charge in [-0.2, -0.15) is 0 Å². The molecule has 4 heteroatoms. The summed E-state index contributed by atoms with van der Waals surface area (Å²) in [5.74, 6) is 0.417. The first-order valence-corrected chi connectivity index (χ1v) is 12.0. The molecule has 3 N–H and O–H groups in total. The predicted molar refractivity (Wildman–Crippen MR) is 134 cm³/mol. The van der Waals surface area contributed by atoms with E-state index < -0.39 is 0 Å². The van der Waals surface area contributed by atoms with Gasteiger partial charge in [-0.3, -0.25) is 0 Å². The molecule has 1 aliphatic rings. The van der Waals surface area contributed by atoms with Crippen molar-refractivity contribution in [1.82, 2.24) is 4.98 Å². The van der Waals surface area contributed by atoms with Crippen LogP contribution in [0.5, 0.6) is 0 Å². The molecule has 3 nitrogen and oxygen atoms in total. The molecule has 0 bridgehead atoms. The minimum Gasteiger partial charge on any atom is -0.412 e. The Hall–Kier alpha value is -2.95. The number of aryl methyl sites for hydroxylation is 2. The number of nitrogens with one attached hydrogen (secondary N) is 1. The van der Waals surface area contributed by atoms with Crippen LogP contribution in [0.2, 0.25) is 0 Å². The first-order valence-electron chi connectivity index (χ1n) is 11.1. The number of benzene rings is 3. The van der Waals surface area contributed by atoms with Gasteiger partial charge in [0.15, 0.2) is 5.13 Å². The van der Waals surface area contributed by atoms with Crippen molar-refractivity contribution >= 4 is 16.5 Å². The topological polar surface area (TPSA) is 56.4 Å². The smallest absolute Gasteiger partial charge is 0.182 e. The lowest BCUT2D eigenvalue weighted by Gasteiger charge is -2.28. The summed E-state index contributed by atoms with van der Waals surface area (Å²) < 4.78 is 0. The van der Waals surface area contributed by atoms with Crippen molar-refractivity contribution in [1.29, 1.82) is 0 Å². The van der Waals surface area contributed by atoms with Crippen LogP contribution >= 0.6 is 11.3 Å². The second kappa shape index (κ2) is 10.1. The van der Waals surface area contributed by atoms with Crippen molar-refractivity contribution in [3.63, 3.8) is 0 Å². The summed E-state index contributed by atoms with van der Waals surface area (Å²) in [4.78, 5) is 4.87. The van der Waals surface area contributed by atoms with Crippen LogP contribution in [0.1, 0.15) is 41.1 Å². The van der Waals surface area contributed by atoms with E-state index in [9.17, 15) is 0 Å². The first-order chi connectivity index (χ1) is 15.3. The lowest BCUT2D eigenvalue weighted by Crippen LogP contribution is -2.24. The van der Waals surface area contributed by atoms with Crippen molar-refractivity contribution in [2.75, 3.05) is 11.9 Å². The standard InChI is InChI=1S/C28H28N2S.H2O/c1-4-10-22(11-5-1)16-17-25-20-31-27(30-25)29-21-28(18-19-28)26(23-12-6-2-7-13-23)24-14-8-3-9-15-24;/h1-15,20,26H,16-19,21H2,(H,29,30);1H2. The molecule has 5 rings (SSSR count). The molecule has 32 heavy (non-hydrogen) atoms. The van der Waals surface area contributed by atoms with Gasteiger partial charge in [0.1, 0.15) is 0 Å². The fourth-order valence-electron chi connectivity index (χ4n) is 4.59. The average Bonchev–Trinajstić information content (AvgIpc) is 3.46. The van der Waals surface area contributed by atoms with Gasteiger partial charge in [0.05, 0.1) is 5.69 Å². The number of aromatic nitrogens is 1. The van der Waals surface area contributed by atoms with E-state index >= 15 is 0 Å². The molecule has 1 saturated carbocycles. The largest absolute Gasteiger partial charge is 0.412 e. The van der Waals surface area contributed by atoms with Gasteiger partial charge in [-0.05, 0) is 47.8 Å². The molecule has 3 aromatic carbocycles. The van der Waals surface area contributed by atoms with Crippen LogP contribution in [0.15, 0.2) is 96.4 Å². The summed E-state index contributed by atoms with van der Waals surface area (Å²) in [6.45, 7) is 0.965. The molecule has 1 aliphatic carbocycles. The number of thiazole rings is 1. The number of hydrogen-bond acceptors (Lipinski definition) is 3. The zero-order valence-electron chi connectivity index (χ0n) is 18.2. The lowest BCUT2D eigenvalue weighted by atomic mass is 9.78. The molecule has 0 atom stereocenters. The zero-order chi connectivity index (χ0) is 20.9. The fourth-order valence-corrected chi connectivity index (χ4v) is 5.33. The van der Waals surface area contributed by atoms with Crippen LogP contribution in [0, 0.1) is 5.41 Å². The Kier molecular flexibility index (Phi) is 7.03. The maximum Gasteiger partial charge on any atom is 0.182 e. The van der Waals surface area contributed by atoms with Crippen LogP contribution in [-0.4, -0.2) is 17.0 Å². The lowest BCUT2D eigenvalue weighted by molar-refractivity contribution is 0.471. The second-order valence-corrected chi connectivity index (χ2v) is 9.46. The number of hydrogen-bond donors (Lipinski definition) is 1. The molecule has 0 spiro atoms. The number of nitrogens with zero attached hydrogens (tertiary/aromatic N) is 1. The molecular formula is C28H30N2OS. The predicted octanol–water partition coefficient (Wildman–Crippen LogP) is 6.13. The molecule has 0 radical (unpaired) electrons. The van der Waals surface area contributed by atoms with Gasteiger partial charge in [0.25, 0.3) is 0 Å². The third kappa shape index (κ3) is 5.09. The molecule has 1 fully saturated rings. The van der Waals surface area contributed by atoms with E-state index in [1.807, 2.05) is 0 Å². The maximum absolute atomic E-state index is 4.87. The molecule has 1 aromatic heterocycles. The zero-order valence-corrected chi connectivity index (χ0v) is 19.0. The Morgan fingerprint density at radius 1 is 0.781 bits per heavy atom. The Morgan fingerprint density at radius 3 is 1.91 bits per heavy atom. The summed E-state index contributed by atoms with van der Waals surface area (Å²) in [7, 11) is 0. The van der Waals surface area contributed by atoms with E-state index in [-0.39, 0.29) is 10.9 Å². The normalized spacial score (nSPS) is 14.0. The molecule has 4 aromatic rings. The third-order valence-corrected chi connectivity index (χ3v) is 7.28. The van der Waals surface area contributed by atoms with E-state index in [1.165, 1.54) is 35.2 Å². The van der Waals surface area contributed by atoms with Crippen LogP contribution < -0.4 is 5.32 Å². The summed E-state index contributed by atoms with van der Waals surface area (Å²) in [5.41, 5.74) is 5.64. The molecular weight excluding hydrogens is 412 g/mol. The molecule has 1 heterocycles. The van der Waals surface area contributed by atoms with Crippen molar-refractivity contribution in [2.24, 2.45) is 5.41 Å². The highest BCUT2D eigenvalue weighted by molar-refractivity contribution is 7.13. The Morgan fingerprint density at radius 2 is 1.34 bits per heavy atom. The van der Waals surface area contributed by atoms with Gasteiger partial charge in [0, 0.05) is 17.8 Å². The Balaban J connectivity index is 0.00000245. The summed E-state index contributed by atoms with van der Waals surface area (Å²) in [6, 6.07) is 32.6. The van der Waals surface area contributed by atoms with Crippen LogP contribution in [0.25, 0.3) is 0 Å². The first kappa shape index (κ1) is 22.3. The van der Waals surface area contributed by atoms with Crippen LogP contribution in [-0.2, 0) is 12.8 Å². The van der Waals surface area contributed by atoms with Crippen LogP contribution in [0.3, 0.4) is 0 Å². The van der Waals surface area contributed by atoms with Gasteiger partial charge < -0.3 is 10.8 Å². The van der Waals surface area contributed by atoms with Gasteiger partial charge in [0.2, 0.25) is 0 Å². The highest BCUT2D eigenvalue weighted by Gasteiger charge is 2.50. The van der Waals surface area contributed by atoms with Crippen molar-refractivity contribution in [3.05, 3.63) is 119 Å². The summed E-state index contributed by atoms with van der Waals surface area (Å²) in [5, 5.41) is 6.95. The second-order valence-electron chi connectivity index (χ2n) is 8.60. The average molecular weight is 443 g/mol. The highest BCUT2D eigenvalue weighted by Crippen LogP contribution is 2.58. The van der Waals surface area contributed by atoms with Crippen molar-refractivity contribution in [3.8, 4) is 0 Å². The monoisotopic (exact) mass is 442 g/mol. The molecule has 0 saturated heterocycles. The van der Waals surface area contributed by atoms with Gasteiger partial charge in [-0.1, -0.05) is 91.0 Å². The minimum absolute atomic E-state index is 0. The van der Waals surface area contributed by atoms with E-state index in [0.29, 0.717) is 5.92 Å². The van der Waals surface area contributed by atoms with E-state index in [1.54, 1.807) is 11.3 Å². The van der Waals surface area contributed by atoms with E-state index in [2.05, 4.69) is 102 Å². The van der Waals surface area contributed by atoms with Crippen molar-refractivity contribution in [2.45, 2.75) is 31.6 Å². The molecule has 0 amide bonds. The van der Waals surface area contributed by atoms with Gasteiger partial charge in [-0.15, -0.1) is 11.3 Å². The number of rotatable bonds is 9.